The van der Waals surface area contributed by atoms with Crippen molar-refractivity contribution < 1.29 is 9.53 Å². The topological polar surface area (TPSA) is 96.0 Å². The zero-order chi connectivity index (χ0) is 21.6. The highest BCUT2D eigenvalue weighted by Crippen LogP contribution is 2.46. The third kappa shape index (κ3) is 3.76. The highest BCUT2D eigenvalue weighted by molar-refractivity contribution is 8.00. The minimum Gasteiger partial charge on any atom is -0.378 e. The van der Waals surface area contributed by atoms with E-state index in [-0.39, 0.29) is 16.7 Å². The first-order chi connectivity index (χ1) is 14.9. The van der Waals surface area contributed by atoms with E-state index in [9.17, 15) is 4.79 Å². The molecule has 0 spiro atoms. The average Bonchev–Trinajstić information content (AvgIpc) is 3.40. The number of ether oxygens (including phenoxy) is 1. The van der Waals surface area contributed by atoms with Gasteiger partial charge in [-0.15, -0.1) is 11.8 Å². The molecule has 1 amide bonds. The van der Waals surface area contributed by atoms with Crippen molar-refractivity contribution in [2.75, 3.05) is 31.2 Å². The Morgan fingerprint density at radius 1 is 1.29 bits per heavy atom. The molecule has 1 aromatic carbocycles. The Bertz CT molecular complexity index is 1140. The van der Waals surface area contributed by atoms with Crippen LogP contribution in [0.5, 0.6) is 0 Å². The smallest absolute Gasteiger partial charge is 0.217 e. The van der Waals surface area contributed by atoms with E-state index in [1.165, 1.54) is 0 Å². The van der Waals surface area contributed by atoms with Crippen LogP contribution in [-0.2, 0) is 16.0 Å². The number of fused-ring (bicyclic) bond motifs is 2. The molecular formula is C22H26N6O2S. The molecule has 2 aliphatic rings. The highest BCUT2D eigenvalue weighted by Gasteiger charge is 2.39. The number of aromatic amines is 1. The zero-order valence-electron chi connectivity index (χ0n) is 17.9. The summed E-state index contributed by atoms with van der Waals surface area (Å²) in [5.74, 6) is 1.66. The van der Waals surface area contributed by atoms with E-state index in [1.54, 1.807) is 18.7 Å². The van der Waals surface area contributed by atoms with E-state index in [2.05, 4.69) is 34.3 Å². The van der Waals surface area contributed by atoms with Crippen LogP contribution in [-0.4, -0.2) is 63.2 Å². The van der Waals surface area contributed by atoms with Crippen molar-refractivity contribution in [1.29, 1.82) is 0 Å². The fourth-order valence-electron chi connectivity index (χ4n) is 4.31. The molecule has 1 unspecified atom stereocenters. The second-order valence-electron chi connectivity index (χ2n) is 8.60. The quantitative estimate of drug-likeness (QED) is 0.647. The van der Waals surface area contributed by atoms with E-state index in [4.69, 9.17) is 14.7 Å². The molecule has 1 atom stereocenters. The number of nitrogens with one attached hydrogen (secondary N) is 2. The molecule has 9 heteroatoms. The minimum absolute atomic E-state index is 0.0200. The molecule has 2 aromatic heterocycles. The number of rotatable bonds is 4. The van der Waals surface area contributed by atoms with E-state index >= 15 is 0 Å². The molecule has 2 N–H and O–H groups in total. The van der Waals surface area contributed by atoms with E-state index in [1.807, 2.05) is 24.4 Å². The number of H-pyrrole nitrogens is 1. The number of morpholine rings is 1. The van der Waals surface area contributed by atoms with Crippen molar-refractivity contribution in [2.24, 2.45) is 0 Å². The molecule has 8 nitrogen and oxygen atoms in total. The lowest BCUT2D eigenvalue weighted by Crippen LogP contribution is -2.50. The van der Waals surface area contributed by atoms with Crippen LogP contribution < -0.4 is 10.2 Å². The molecule has 4 heterocycles. The number of nitrogens with zero attached hydrogens (tertiary/aromatic N) is 4. The molecular weight excluding hydrogens is 412 g/mol. The molecule has 0 radical (unpaired) electrons. The highest BCUT2D eigenvalue weighted by atomic mass is 32.2. The lowest BCUT2D eigenvalue weighted by Gasteiger charge is -2.32. The number of aromatic nitrogens is 4. The molecule has 0 aliphatic carbocycles. The van der Waals surface area contributed by atoms with Gasteiger partial charge in [-0.3, -0.25) is 9.89 Å². The maximum absolute atomic E-state index is 11.8. The maximum atomic E-state index is 11.8. The summed E-state index contributed by atoms with van der Waals surface area (Å²) in [6.07, 6.45) is 2.61. The van der Waals surface area contributed by atoms with Crippen molar-refractivity contribution in [3.8, 4) is 11.4 Å². The SMILES string of the molecule is CC(=O)NC(C)(C)C1Cc2nc(-c3cccc4[nH]ncc34)nc(N3CCOCC3)c2S1. The number of benzene rings is 1. The lowest BCUT2D eigenvalue weighted by atomic mass is 9.96. The summed E-state index contributed by atoms with van der Waals surface area (Å²) in [6.45, 7) is 8.71. The Balaban J connectivity index is 1.60. The van der Waals surface area contributed by atoms with Crippen LogP contribution in [0.1, 0.15) is 26.5 Å². The van der Waals surface area contributed by atoms with Crippen LogP contribution in [0.2, 0.25) is 0 Å². The van der Waals surface area contributed by atoms with Crippen LogP contribution in [0.15, 0.2) is 29.3 Å². The van der Waals surface area contributed by atoms with Crippen LogP contribution in [0.25, 0.3) is 22.3 Å². The summed E-state index contributed by atoms with van der Waals surface area (Å²) in [5, 5.41) is 11.5. The van der Waals surface area contributed by atoms with Gasteiger partial charge in [-0.05, 0) is 19.9 Å². The summed E-state index contributed by atoms with van der Waals surface area (Å²) in [5.41, 5.74) is 2.62. The summed E-state index contributed by atoms with van der Waals surface area (Å²) in [4.78, 5) is 25.2. The van der Waals surface area contributed by atoms with Crippen molar-refractivity contribution >= 4 is 34.4 Å². The molecule has 0 bridgehead atoms. The number of amides is 1. The van der Waals surface area contributed by atoms with Gasteiger partial charge in [0.25, 0.3) is 0 Å². The van der Waals surface area contributed by atoms with E-state index in [0.29, 0.717) is 19.0 Å². The van der Waals surface area contributed by atoms with Gasteiger partial charge >= 0.3 is 0 Å². The van der Waals surface area contributed by atoms with Gasteiger partial charge in [-0.25, -0.2) is 9.97 Å². The van der Waals surface area contributed by atoms with Gasteiger partial charge in [0.2, 0.25) is 5.91 Å². The molecule has 3 aromatic rings. The van der Waals surface area contributed by atoms with Gasteiger partial charge in [0.15, 0.2) is 5.82 Å². The average molecular weight is 439 g/mol. The fourth-order valence-corrected chi connectivity index (χ4v) is 5.74. The van der Waals surface area contributed by atoms with Gasteiger partial charge in [0.05, 0.1) is 35.5 Å². The zero-order valence-corrected chi connectivity index (χ0v) is 18.8. The number of anilines is 1. The summed E-state index contributed by atoms with van der Waals surface area (Å²) >= 11 is 1.77. The van der Waals surface area contributed by atoms with E-state index in [0.717, 1.165) is 52.4 Å². The minimum atomic E-state index is -0.357. The van der Waals surface area contributed by atoms with Crippen LogP contribution in [0, 0.1) is 0 Å². The predicted octanol–water partition coefficient (Wildman–Crippen LogP) is 2.79. The molecule has 5 rings (SSSR count). The molecule has 1 fully saturated rings. The molecule has 162 valence electrons. The normalized spacial score (nSPS) is 18.9. The Morgan fingerprint density at radius 2 is 2.10 bits per heavy atom. The van der Waals surface area contributed by atoms with E-state index < -0.39 is 0 Å². The lowest BCUT2D eigenvalue weighted by molar-refractivity contribution is -0.120. The Morgan fingerprint density at radius 3 is 2.87 bits per heavy atom. The largest absolute Gasteiger partial charge is 0.378 e. The fraction of sp³-hybridized carbons (Fsp3) is 0.455. The predicted molar refractivity (Wildman–Crippen MR) is 121 cm³/mol. The second-order valence-corrected chi connectivity index (χ2v) is 9.81. The number of hydrogen-bond donors (Lipinski definition) is 2. The summed E-state index contributed by atoms with van der Waals surface area (Å²) in [6, 6.07) is 6.05. The van der Waals surface area contributed by atoms with Crippen LogP contribution >= 0.6 is 11.8 Å². The van der Waals surface area contributed by atoms with Crippen molar-refractivity contribution in [1.82, 2.24) is 25.5 Å². The van der Waals surface area contributed by atoms with Crippen molar-refractivity contribution in [2.45, 2.75) is 42.9 Å². The molecule has 2 aliphatic heterocycles. The first kappa shape index (κ1) is 20.3. The van der Waals surface area contributed by atoms with Crippen molar-refractivity contribution in [3.05, 3.63) is 30.1 Å². The standard InChI is InChI=1S/C22H26N6O2S/c1-13(29)26-22(2,3)18-11-17-19(31-18)21(28-7-9-30-10-8-28)25-20(24-17)14-5-4-6-16-15(14)12-23-27-16/h4-6,12,18H,7-11H2,1-3H3,(H,23,27)(H,26,29). The monoisotopic (exact) mass is 438 g/mol. The Hall–Kier alpha value is -2.65. The second kappa shape index (κ2) is 7.80. The first-order valence-corrected chi connectivity index (χ1v) is 11.4. The molecule has 0 saturated carbocycles. The molecule has 31 heavy (non-hydrogen) atoms. The van der Waals surface area contributed by atoms with Gasteiger partial charge in [0, 0.05) is 48.2 Å². The van der Waals surface area contributed by atoms with Crippen LogP contribution in [0.4, 0.5) is 5.82 Å². The summed E-state index contributed by atoms with van der Waals surface area (Å²) in [7, 11) is 0. The van der Waals surface area contributed by atoms with Crippen molar-refractivity contribution in [3.63, 3.8) is 0 Å². The number of carbonyl (C=O) groups is 1. The maximum Gasteiger partial charge on any atom is 0.217 e. The molecule has 1 saturated heterocycles. The third-order valence-corrected chi connectivity index (χ3v) is 7.59. The number of thioether (sulfide) groups is 1. The van der Waals surface area contributed by atoms with Crippen LogP contribution in [0.3, 0.4) is 0 Å². The number of carbonyl (C=O) groups excluding carboxylic acids is 1. The summed E-state index contributed by atoms with van der Waals surface area (Å²) < 4.78 is 5.57. The van der Waals surface area contributed by atoms with Gasteiger partial charge in [0.1, 0.15) is 5.82 Å². The van der Waals surface area contributed by atoms with Gasteiger partial charge < -0.3 is 15.0 Å². The Kier molecular flexibility index (Phi) is 5.10. The van der Waals surface area contributed by atoms with Gasteiger partial charge in [-0.1, -0.05) is 12.1 Å². The third-order valence-electron chi connectivity index (χ3n) is 5.90. The number of hydrogen-bond acceptors (Lipinski definition) is 7. The first-order valence-electron chi connectivity index (χ1n) is 10.5. The van der Waals surface area contributed by atoms with Gasteiger partial charge in [-0.2, -0.15) is 5.10 Å². The Labute approximate surface area is 185 Å².